The molecule has 3 saturated heterocycles. The van der Waals surface area contributed by atoms with Crippen LogP contribution in [0.5, 0.6) is 0 Å². The molecule has 0 aromatic heterocycles. The summed E-state index contributed by atoms with van der Waals surface area (Å²) < 4.78 is 13.2. The van der Waals surface area contributed by atoms with E-state index < -0.39 is 0 Å². The number of carbonyl (C=O) groups excluding carboxylic acids is 1. The Labute approximate surface area is 153 Å². The van der Waals surface area contributed by atoms with Crippen molar-refractivity contribution in [2.24, 2.45) is 5.92 Å². The van der Waals surface area contributed by atoms with Crippen LogP contribution in [0.4, 0.5) is 10.1 Å². The molecule has 4 atom stereocenters. The zero-order valence-electron chi connectivity index (χ0n) is 14.8. The van der Waals surface area contributed by atoms with Crippen LogP contribution in [0.25, 0.3) is 0 Å². The van der Waals surface area contributed by atoms with Crippen LogP contribution in [0.3, 0.4) is 0 Å². The van der Waals surface area contributed by atoms with Crippen LogP contribution in [-0.4, -0.2) is 48.9 Å². The summed E-state index contributed by atoms with van der Waals surface area (Å²) in [5, 5.41) is 10.6. The highest BCUT2D eigenvalue weighted by Gasteiger charge is 2.44. The Morgan fingerprint density at radius 3 is 2.50 bits per heavy atom. The van der Waals surface area contributed by atoms with Gasteiger partial charge in [-0.3, -0.25) is 25.8 Å². The minimum atomic E-state index is -0.270. The first-order chi connectivity index (χ1) is 12.7. The van der Waals surface area contributed by atoms with E-state index >= 15 is 0 Å². The summed E-state index contributed by atoms with van der Waals surface area (Å²) in [6, 6.07) is 6.28. The average Bonchev–Trinajstić information content (AvgIpc) is 2.93. The van der Waals surface area contributed by atoms with Crippen LogP contribution >= 0.6 is 0 Å². The SMILES string of the molecule is O=C1NNCC2NC(N3CCCCCC3)NC(Nc3ccc(F)cc3)C12. The van der Waals surface area contributed by atoms with E-state index in [2.05, 4.69) is 31.7 Å². The average molecular weight is 362 g/mol. The van der Waals surface area contributed by atoms with Gasteiger partial charge in [0.1, 0.15) is 12.1 Å². The number of nitrogens with one attached hydrogen (secondary N) is 5. The maximum Gasteiger partial charge on any atom is 0.242 e. The first-order valence-electron chi connectivity index (χ1n) is 9.52. The van der Waals surface area contributed by atoms with Crippen LogP contribution in [-0.2, 0) is 4.79 Å². The van der Waals surface area contributed by atoms with Gasteiger partial charge < -0.3 is 5.32 Å². The number of likely N-dealkylation sites (tertiary alicyclic amines) is 1. The van der Waals surface area contributed by atoms with Crippen molar-refractivity contribution in [3.05, 3.63) is 30.1 Å². The molecule has 142 valence electrons. The van der Waals surface area contributed by atoms with Crippen LogP contribution in [0.2, 0.25) is 0 Å². The van der Waals surface area contributed by atoms with Gasteiger partial charge in [-0.2, -0.15) is 0 Å². The predicted molar refractivity (Wildman–Crippen MR) is 97.3 cm³/mol. The Bertz CT molecular complexity index is 619. The third-order valence-corrected chi connectivity index (χ3v) is 5.51. The Morgan fingerprint density at radius 2 is 1.77 bits per heavy atom. The molecule has 5 N–H and O–H groups in total. The molecule has 7 nitrogen and oxygen atoms in total. The van der Waals surface area contributed by atoms with Crippen molar-refractivity contribution in [1.29, 1.82) is 0 Å². The fourth-order valence-electron chi connectivity index (χ4n) is 4.13. The molecule has 0 spiro atoms. The molecule has 0 aliphatic carbocycles. The van der Waals surface area contributed by atoms with Gasteiger partial charge in [0.25, 0.3) is 0 Å². The van der Waals surface area contributed by atoms with Gasteiger partial charge in [-0.15, -0.1) is 0 Å². The van der Waals surface area contributed by atoms with E-state index in [0.29, 0.717) is 6.54 Å². The highest BCUT2D eigenvalue weighted by molar-refractivity contribution is 5.81. The number of halogens is 1. The van der Waals surface area contributed by atoms with Gasteiger partial charge in [-0.1, -0.05) is 12.8 Å². The Balaban J connectivity index is 1.53. The van der Waals surface area contributed by atoms with Gasteiger partial charge in [-0.25, -0.2) is 9.82 Å². The molecule has 4 rings (SSSR count). The van der Waals surface area contributed by atoms with Crippen molar-refractivity contribution in [1.82, 2.24) is 26.4 Å². The third-order valence-electron chi connectivity index (χ3n) is 5.51. The summed E-state index contributed by atoms with van der Waals surface area (Å²) in [5.41, 5.74) is 6.50. The summed E-state index contributed by atoms with van der Waals surface area (Å²) in [7, 11) is 0. The molecule has 3 aliphatic rings. The third kappa shape index (κ3) is 3.83. The van der Waals surface area contributed by atoms with Gasteiger partial charge in [-0.05, 0) is 37.1 Å². The monoisotopic (exact) mass is 362 g/mol. The molecule has 0 saturated carbocycles. The molecule has 3 aliphatic heterocycles. The lowest BCUT2D eigenvalue weighted by molar-refractivity contribution is -0.132. The quantitative estimate of drug-likeness (QED) is 0.540. The summed E-state index contributed by atoms with van der Waals surface area (Å²) in [4.78, 5) is 14.9. The number of hydrogen-bond acceptors (Lipinski definition) is 6. The standard InChI is InChI=1S/C18H27FN6O/c19-12-5-7-13(8-6-12)21-16-15-14(11-20-24-17(15)26)22-18(23-16)25-9-3-1-2-4-10-25/h5-8,14-16,18,20-23H,1-4,9-11H2,(H,24,26). The lowest BCUT2D eigenvalue weighted by Crippen LogP contribution is -2.76. The zero-order valence-corrected chi connectivity index (χ0v) is 14.8. The Morgan fingerprint density at radius 1 is 1.04 bits per heavy atom. The highest BCUT2D eigenvalue weighted by Crippen LogP contribution is 2.22. The van der Waals surface area contributed by atoms with Gasteiger partial charge in [0.15, 0.2) is 0 Å². The van der Waals surface area contributed by atoms with Crippen molar-refractivity contribution < 1.29 is 9.18 Å². The minimum absolute atomic E-state index is 0.0139. The lowest BCUT2D eigenvalue weighted by atomic mass is 9.91. The molecule has 3 heterocycles. The smallest absolute Gasteiger partial charge is 0.242 e. The molecule has 1 aromatic carbocycles. The molecule has 1 aromatic rings. The fourth-order valence-corrected chi connectivity index (χ4v) is 4.13. The van der Waals surface area contributed by atoms with E-state index in [4.69, 9.17) is 0 Å². The maximum atomic E-state index is 13.2. The van der Waals surface area contributed by atoms with Crippen LogP contribution < -0.4 is 26.8 Å². The number of amides is 1. The number of hydrogen-bond donors (Lipinski definition) is 5. The van der Waals surface area contributed by atoms with E-state index in [-0.39, 0.29) is 36.1 Å². The van der Waals surface area contributed by atoms with E-state index in [1.54, 1.807) is 12.1 Å². The molecule has 0 radical (unpaired) electrons. The first-order valence-corrected chi connectivity index (χ1v) is 9.52. The van der Waals surface area contributed by atoms with Crippen molar-refractivity contribution in [3.63, 3.8) is 0 Å². The minimum Gasteiger partial charge on any atom is -0.369 e. The topological polar surface area (TPSA) is 80.5 Å². The molecular weight excluding hydrogens is 335 g/mol. The molecule has 8 heteroatoms. The fraction of sp³-hybridized carbons (Fsp3) is 0.611. The van der Waals surface area contributed by atoms with Crippen LogP contribution in [0, 0.1) is 11.7 Å². The number of hydrazine groups is 1. The molecule has 1 amide bonds. The van der Waals surface area contributed by atoms with Gasteiger partial charge in [0, 0.05) is 31.4 Å². The molecular formula is C18H27FN6O. The lowest BCUT2D eigenvalue weighted by Gasteiger charge is -2.48. The van der Waals surface area contributed by atoms with E-state index in [0.717, 1.165) is 18.8 Å². The van der Waals surface area contributed by atoms with E-state index in [9.17, 15) is 9.18 Å². The van der Waals surface area contributed by atoms with Crippen LogP contribution in [0.15, 0.2) is 24.3 Å². The second-order valence-electron chi connectivity index (χ2n) is 7.32. The maximum absolute atomic E-state index is 13.2. The number of fused-ring (bicyclic) bond motifs is 1. The van der Waals surface area contributed by atoms with Crippen molar-refractivity contribution in [3.8, 4) is 0 Å². The second kappa shape index (κ2) is 7.87. The van der Waals surface area contributed by atoms with E-state index in [1.165, 1.54) is 37.8 Å². The highest BCUT2D eigenvalue weighted by atomic mass is 19.1. The van der Waals surface area contributed by atoms with Crippen molar-refractivity contribution in [2.75, 3.05) is 25.0 Å². The van der Waals surface area contributed by atoms with Gasteiger partial charge in [0.05, 0.1) is 12.1 Å². The predicted octanol–water partition coefficient (Wildman–Crippen LogP) is 0.535. The summed E-state index contributed by atoms with van der Waals surface area (Å²) in [5.74, 6) is -0.576. The number of anilines is 1. The van der Waals surface area contributed by atoms with Crippen molar-refractivity contribution in [2.45, 2.75) is 44.2 Å². The molecule has 26 heavy (non-hydrogen) atoms. The summed E-state index contributed by atoms with van der Waals surface area (Å²) >= 11 is 0. The Hall–Kier alpha value is -1.74. The Kier molecular flexibility index (Phi) is 5.35. The first kappa shape index (κ1) is 17.7. The van der Waals surface area contributed by atoms with Crippen molar-refractivity contribution >= 4 is 11.6 Å². The summed E-state index contributed by atoms with van der Waals surface area (Å²) in [6.07, 6.45) is 4.72. The number of benzene rings is 1. The van der Waals surface area contributed by atoms with E-state index in [1.807, 2.05) is 0 Å². The number of nitrogens with zero attached hydrogens (tertiary/aromatic N) is 1. The molecule has 0 bridgehead atoms. The van der Waals surface area contributed by atoms with Gasteiger partial charge in [0.2, 0.25) is 5.91 Å². The molecule has 3 fully saturated rings. The number of carbonyl (C=O) groups is 1. The van der Waals surface area contributed by atoms with Gasteiger partial charge >= 0.3 is 0 Å². The van der Waals surface area contributed by atoms with Crippen LogP contribution in [0.1, 0.15) is 25.7 Å². The number of rotatable bonds is 3. The summed E-state index contributed by atoms with van der Waals surface area (Å²) in [6.45, 7) is 2.76. The zero-order chi connectivity index (χ0) is 17.9. The largest absolute Gasteiger partial charge is 0.369 e. The second-order valence-corrected chi connectivity index (χ2v) is 7.32. The molecule has 4 unspecified atom stereocenters. The normalized spacial score (nSPS) is 33.0.